The zero-order valence-electron chi connectivity index (χ0n) is 15.4. The van der Waals surface area contributed by atoms with Gasteiger partial charge >= 0.3 is 0 Å². The van der Waals surface area contributed by atoms with E-state index in [-0.39, 0.29) is 11.8 Å². The van der Waals surface area contributed by atoms with Gasteiger partial charge in [0.05, 0.1) is 11.3 Å². The Labute approximate surface area is 167 Å². The highest BCUT2D eigenvalue weighted by molar-refractivity contribution is 7.99. The highest BCUT2D eigenvalue weighted by atomic mass is 32.2. The van der Waals surface area contributed by atoms with Crippen LogP contribution in [0, 0.1) is 0 Å². The second-order valence-electron chi connectivity index (χ2n) is 6.54. The lowest BCUT2D eigenvalue weighted by molar-refractivity contribution is -0.116. The van der Waals surface area contributed by atoms with Crippen LogP contribution >= 0.6 is 11.8 Å². The van der Waals surface area contributed by atoms with Gasteiger partial charge in [0.1, 0.15) is 5.03 Å². The predicted octanol–water partition coefficient (Wildman–Crippen LogP) is 4.39. The van der Waals surface area contributed by atoms with Crippen molar-refractivity contribution in [3.63, 3.8) is 0 Å². The molecule has 140 valence electrons. The van der Waals surface area contributed by atoms with E-state index in [1.54, 1.807) is 30.3 Å². The maximum Gasteiger partial charge on any atom is 0.260 e. The van der Waals surface area contributed by atoms with E-state index in [1.165, 1.54) is 11.8 Å². The molecule has 0 aliphatic carbocycles. The van der Waals surface area contributed by atoms with Gasteiger partial charge in [-0.05, 0) is 42.3 Å². The molecule has 28 heavy (non-hydrogen) atoms. The summed E-state index contributed by atoms with van der Waals surface area (Å²) in [4.78, 5) is 31.9. The molecule has 1 aromatic heterocycles. The summed E-state index contributed by atoms with van der Waals surface area (Å²) in [7, 11) is 1.75. The minimum atomic E-state index is -0.0889. The number of hydrogen-bond acceptors (Lipinski definition) is 4. The highest BCUT2D eigenvalue weighted by Crippen LogP contribution is 2.41. The number of aryl methyl sites for hydroxylation is 1. The number of hydrogen-bond donors (Lipinski definition) is 1. The molecule has 0 spiro atoms. The van der Waals surface area contributed by atoms with Gasteiger partial charge in [-0.1, -0.05) is 42.1 Å². The summed E-state index contributed by atoms with van der Waals surface area (Å²) in [6.07, 6.45) is 2.79. The monoisotopic (exact) mass is 389 g/mol. The third kappa shape index (κ3) is 3.77. The van der Waals surface area contributed by atoms with E-state index >= 15 is 0 Å². The van der Waals surface area contributed by atoms with Crippen molar-refractivity contribution in [2.75, 3.05) is 17.3 Å². The number of anilines is 2. The lowest BCUT2D eigenvalue weighted by Crippen LogP contribution is -2.26. The molecule has 2 aromatic carbocycles. The van der Waals surface area contributed by atoms with Crippen LogP contribution in [0.25, 0.3) is 0 Å². The van der Waals surface area contributed by atoms with Crippen LogP contribution in [-0.2, 0) is 11.2 Å². The normalized spacial score (nSPS) is 12.8. The number of aromatic nitrogens is 1. The molecule has 0 saturated carbocycles. The molecule has 1 aliphatic heterocycles. The molecule has 1 N–H and O–H groups in total. The van der Waals surface area contributed by atoms with Crippen LogP contribution in [0.15, 0.2) is 76.8 Å². The molecule has 0 saturated heterocycles. The molecule has 4 rings (SSSR count). The summed E-state index contributed by atoms with van der Waals surface area (Å²) in [6, 6.07) is 19.1. The molecular formula is C22H19N3O2S. The molecular weight excluding hydrogens is 370 g/mol. The van der Waals surface area contributed by atoms with E-state index in [0.29, 0.717) is 29.1 Å². The van der Waals surface area contributed by atoms with Gasteiger partial charge in [0.2, 0.25) is 5.91 Å². The molecule has 3 aromatic rings. The molecule has 0 atom stereocenters. The molecule has 6 heteroatoms. The van der Waals surface area contributed by atoms with Crippen LogP contribution < -0.4 is 10.2 Å². The van der Waals surface area contributed by atoms with Gasteiger partial charge in [-0.15, -0.1) is 0 Å². The maximum absolute atomic E-state index is 12.7. The zero-order valence-corrected chi connectivity index (χ0v) is 16.2. The minimum Gasteiger partial charge on any atom is -0.326 e. The largest absolute Gasteiger partial charge is 0.326 e. The van der Waals surface area contributed by atoms with Crippen LogP contribution in [0.1, 0.15) is 22.3 Å². The van der Waals surface area contributed by atoms with Crippen LogP contribution in [0.5, 0.6) is 0 Å². The van der Waals surface area contributed by atoms with Gasteiger partial charge < -0.3 is 10.2 Å². The SMILES string of the molecule is CN1C(=O)c2cccnc2Sc2cc(NC(=O)CCc3ccccc3)ccc21. The molecule has 1 aliphatic rings. The van der Waals surface area contributed by atoms with Crippen molar-refractivity contribution in [3.05, 3.63) is 78.0 Å². The number of fused-ring (bicyclic) bond motifs is 2. The van der Waals surface area contributed by atoms with E-state index in [9.17, 15) is 9.59 Å². The zero-order chi connectivity index (χ0) is 19.5. The molecule has 2 heterocycles. The van der Waals surface area contributed by atoms with Crippen molar-refractivity contribution in [3.8, 4) is 0 Å². The standard InChI is InChI=1S/C22H19N3O2S/c1-25-18-11-10-16(24-20(26)12-9-15-6-3-2-4-7-15)14-19(18)28-21-17(22(25)27)8-5-13-23-21/h2-8,10-11,13-14H,9,12H2,1H3,(H,24,26). The quantitative estimate of drug-likeness (QED) is 0.719. The summed E-state index contributed by atoms with van der Waals surface area (Å²) in [5.74, 6) is -0.126. The van der Waals surface area contributed by atoms with E-state index in [0.717, 1.165) is 16.1 Å². The summed E-state index contributed by atoms with van der Waals surface area (Å²) in [5, 5.41) is 3.63. The van der Waals surface area contributed by atoms with E-state index in [1.807, 2.05) is 48.5 Å². The number of nitrogens with zero attached hydrogens (tertiary/aromatic N) is 2. The third-order valence-electron chi connectivity index (χ3n) is 4.60. The number of benzene rings is 2. The molecule has 0 radical (unpaired) electrons. The molecule has 0 bridgehead atoms. The van der Waals surface area contributed by atoms with Crippen LogP contribution in [0.4, 0.5) is 11.4 Å². The minimum absolute atomic E-state index is 0.0367. The van der Waals surface area contributed by atoms with Crippen LogP contribution in [-0.4, -0.2) is 23.8 Å². The Morgan fingerprint density at radius 2 is 1.93 bits per heavy atom. The van der Waals surface area contributed by atoms with Crippen LogP contribution in [0.2, 0.25) is 0 Å². The Morgan fingerprint density at radius 1 is 1.11 bits per heavy atom. The first-order valence-corrected chi connectivity index (χ1v) is 9.82. The van der Waals surface area contributed by atoms with Crippen molar-refractivity contribution in [2.45, 2.75) is 22.8 Å². The Hall–Kier alpha value is -3.12. The number of carbonyl (C=O) groups excluding carboxylic acids is 2. The molecule has 0 fully saturated rings. The summed E-state index contributed by atoms with van der Waals surface area (Å²) < 4.78 is 0. The van der Waals surface area contributed by atoms with Gasteiger partial charge in [0.25, 0.3) is 5.91 Å². The second kappa shape index (κ2) is 7.86. The Bertz CT molecular complexity index is 1040. The Morgan fingerprint density at radius 3 is 2.75 bits per heavy atom. The first-order valence-electron chi connectivity index (χ1n) is 9.00. The van der Waals surface area contributed by atoms with E-state index in [2.05, 4.69) is 10.3 Å². The summed E-state index contributed by atoms with van der Waals surface area (Å²) in [6.45, 7) is 0. The number of carbonyl (C=O) groups is 2. The lowest BCUT2D eigenvalue weighted by Gasteiger charge is -2.18. The number of amides is 2. The summed E-state index contributed by atoms with van der Waals surface area (Å²) in [5.41, 5.74) is 3.23. The van der Waals surface area contributed by atoms with Crippen molar-refractivity contribution in [1.82, 2.24) is 4.98 Å². The van der Waals surface area contributed by atoms with Crippen molar-refractivity contribution >= 4 is 35.0 Å². The average Bonchev–Trinajstić information content (AvgIpc) is 2.82. The molecule has 2 amide bonds. The fourth-order valence-electron chi connectivity index (χ4n) is 3.11. The van der Waals surface area contributed by atoms with Gasteiger partial charge in [-0.2, -0.15) is 0 Å². The lowest BCUT2D eigenvalue weighted by atomic mass is 10.1. The fraction of sp³-hybridized carbons (Fsp3) is 0.136. The summed E-state index contributed by atoms with van der Waals surface area (Å²) >= 11 is 1.44. The van der Waals surface area contributed by atoms with E-state index in [4.69, 9.17) is 0 Å². The first-order chi connectivity index (χ1) is 13.6. The van der Waals surface area contributed by atoms with Gasteiger partial charge in [0.15, 0.2) is 0 Å². The highest BCUT2D eigenvalue weighted by Gasteiger charge is 2.25. The molecule has 0 unspecified atom stereocenters. The number of pyridine rings is 1. The Kier molecular flexibility index (Phi) is 5.12. The van der Waals surface area contributed by atoms with Crippen molar-refractivity contribution in [1.29, 1.82) is 0 Å². The second-order valence-corrected chi connectivity index (χ2v) is 7.57. The smallest absolute Gasteiger partial charge is 0.260 e. The van der Waals surface area contributed by atoms with Gasteiger partial charge in [-0.3, -0.25) is 9.59 Å². The van der Waals surface area contributed by atoms with Crippen molar-refractivity contribution in [2.24, 2.45) is 0 Å². The number of nitrogens with one attached hydrogen (secondary N) is 1. The first kappa shape index (κ1) is 18.3. The average molecular weight is 389 g/mol. The predicted molar refractivity (Wildman–Crippen MR) is 111 cm³/mol. The molecule has 5 nitrogen and oxygen atoms in total. The fourth-order valence-corrected chi connectivity index (χ4v) is 4.19. The van der Waals surface area contributed by atoms with Crippen LogP contribution in [0.3, 0.4) is 0 Å². The maximum atomic E-state index is 12.7. The topological polar surface area (TPSA) is 62.3 Å². The van der Waals surface area contributed by atoms with Gasteiger partial charge in [0, 0.05) is 30.2 Å². The third-order valence-corrected chi connectivity index (χ3v) is 5.67. The van der Waals surface area contributed by atoms with E-state index < -0.39 is 0 Å². The van der Waals surface area contributed by atoms with Gasteiger partial charge in [-0.25, -0.2) is 4.98 Å². The number of rotatable bonds is 4. The van der Waals surface area contributed by atoms with Crippen molar-refractivity contribution < 1.29 is 9.59 Å². The Balaban J connectivity index is 1.52.